The first-order valence-electron chi connectivity index (χ1n) is 3.49. The van der Waals surface area contributed by atoms with Gasteiger partial charge in [0.2, 0.25) is 0 Å². The number of benzene rings is 1. The molecule has 0 aliphatic heterocycles. The molecule has 0 spiro atoms. The number of hydrogen-bond donors (Lipinski definition) is 0. The second-order valence-electron chi connectivity index (χ2n) is 2.48. The van der Waals surface area contributed by atoms with E-state index in [1.165, 1.54) is 12.1 Å². The first-order valence-corrected chi connectivity index (χ1v) is 3.86. The highest BCUT2D eigenvalue weighted by Crippen LogP contribution is 2.29. The lowest BCUT2D eigenvalue weighted by atomic mass is 10.1. The predicted molar refractivity (Wildman–Crippen MR) is 44.9 cm³/mol. The monoisotopic (exact) mass is 205 g/mol. The van der Waals surface area contributed by atoms with Gasteiger partial charge in [-0.3, -0.25) is 0 Å². The second kappa shape index (κ2) is 3.83. The molecule has 0 aromatic heterocycles. The largest absolute Gasteiger partial charge is 0.416 e. The molecule has 70 valence electrons. The van der Waals surface area contributed by atoms with E-state index in [1.54, 1.807) is 0 Å². The van der Waals surface area contributed by atoms with Gasteiger partial charge in [0.15, 0.2) is 0 Å². The molecular formula is C8H6F3NS. The van der Waals surface area contributed by atoms with Crippen molar-refractivity contribution in [2.75, 3.05) is 0 Å². The van der Waals surface area contributed by atoms with Gasteiger partial charge in [0, 0.05) is 12.4 Å². The molecule has 0 bridgehead atoms. The first-order chi connectivity index (χ1) is 6.04. The molecule has 0 atom stereocenters. The average molecular weight is 205 g/mol. The quantitative estimate of drug-likeness (QED) is 0.723. The van der Waals surface area contributed by atoms with Crippen LogP contribution in [0.15, 0.2) is 28.6 Å². The Morgan fingerprint density at radius 3 is 2.08 bits per heavy atom. The van der Waals surface area contributed by atoms with Crippen LogP contribution in [0.5, 0.6) is 0 Å². The lowest BCUT2D eigenvalue weighted by molar-refractivity contribution is -0.137. The maximum absolute atomic E-state index is 12.1. The van der Waals surface area contributed by atoms with Crippen LogP contribution < -0.4 is 0 Å². The van der Waals surface area contributed by atoms with Crippen molar-refractivity contribution in [2.24, 2.45) is 4.36 Å². The fourth-order valence-electron chi connectivity index (χ4n) is 0.874. The first kappa shape index (κ1) is 10.1. The molecule has 13 heavy (non-hydrogen) atoms. The fraction of sp³-hybridized carbons (Fsp3) is 0.250. The van der Waals surface area contributed by atoms with Crippen LogP contribution in [0.3, 0.4) is 0 Å². The zero-order valence-corrected chi connectivity index (χ0v) is 7.32. The summed E-state index contributed by atoms with van der Waals surface area (Å²) in [5.74, 6) is 0. The Balaban J connectivity index is 2.87. The minimum absolute atomic E-state index is 0.271. The van der Waals surface area contributed by atoms with E-state index in [2.05, 4.69) is 16.8 Å². The Kier molecular flexibility index (Phi) is 2.98. The highest BCUT2D eigenvalue weighted by molar-refractivity contribution is 7.47. The summed E-state index contributed by atoms with van der Waals surface area (Å²) in [4.78, 5) is 0. The third-order valence-electron chi connectivity index (χ3n) is 1.53. The van der Waals surface area contributed by atoms with E-state index in [4.69, 9.17) is 0 Å². The SMILES string of the molecule is FC(F)(F)c1ccc(CN=S)cc1. The summed E-state index contributed by atoms with van der Waals surface area (Å²) in [6.07, 6.45) is -4.27. The predicted octanol–water partition coefficient (Wildman–Crippen LogP) is 2.94. The van der Waals surface area contributed by atoms with E-state index in [1.807, 2.05) is 0 Å². The average Bonchev–Trinajstić information content (AvgIpc) is 2.04. The van der Waals surface area contributed by atoms with Crippen LogP contribution in [0, 0.1) is 0 Å². The molecule has 5 heteroatoms. The lowest BCUT2D eigenvalue weighted by Gasteiger charge is -2.05. The summed E-state index contributed by atoms with van der Waals surface area (Å²) in [6.45, 7) is 0.271. The Labute approximate surface area is 78.7 Å². The molecule has 0 amide bonds. The number of rotatable bonds is 2. The lowest BCUT2D eigenvalue weighted by Crippen LogP contribution is -2.04. The van der Waals surface area contributed by atoms with Crippen molar-refractivity contribution in [2.45, 2.75) is 12.7 Å². The van der Waals surface area contributed by atoms with Crippen LogP contribution in [0.25, 0.3) is 0 Å². The molecule has 0 aliphatic carbocycles. The highest BCUT2D eigenvalue weighted by atomic mass is 32.1. The van der Waals surface area contributed by atoms with E-state index in [0.717, 1.165) is 12.1 Å². The van der Waals surface area contributed by atoms with Crippen LogP contribution in [0.4, 0.5) is 13.2 Å². The summed E-state index contributed by atoms with van der Waals surface area (Å²) in [6, 6.07) is 4.79. The third-order valence-corrected chi connectivity index (χ3v) is 1.66. The molecule has 1 nitrogen and oxygen atoms in total. The third kappa shape index (κ3) is 2.77. The standard InChI is InChI=1S/C8H6F3NS/c9-8(10,11)7-3-1-6(2-4-7)5-12-13/h1-4H,5H2. The van der Waals surface area contributed by atoms with Gasteiger partial charge in [-0.25, -0.2) is 4.36 Å². The molecule has 0 aliphatic rings. The molecule has 1 aromatic rings. The van der Waals surface area contributed by atoms with Crippen LogP contribution in [0.1, 0.15) is 11.1 Å². The summed E-state index contributed by atoms with van der Waals surface area (Å²) in [5.41, 5.74) is 0.0311. The number of nitrogens with zero attached hydrogens (tertiary/aromatic N) is 1. The van der Waals surface area contributed by atoms with Gasteiger partial charge in [0.05, 0.1) is 12.1 Å². The molecular weight excluding hydrogens is 199 g/mol. The summed E-state index contributed by atoms with van der Waals surface area (Å²) < 4.78 is 39.6. The van der Waals surface area contributed by atoms with Gasteiger partial charge < -0.3 is 0 Å². The minimum atomic E-state index is -4.27. The van der Waals surface area contributed by atoms with Crippen molar-refractivity contribution < 1.29 is 13.2 Å². The molecule has 0 N–H and O–H groups in total. The van der Waals surface area contributed by atoms with Crippen molar-refractivity contribution in [3.8, 4) is 0 Å². The van der Waals surface area contributed by atoms with Gasteiger partial charge in [-0.15, -0.1) is 0 Å². The summed E-state index contributed by atoms with van der Waals surface area (Å²) in [7, 11) is 0. The molecule has 1 rings (SSSR count). The Bertz CT molecular complexity index is 291. The van der Waals surface area contributed by atoms with Crippen molar-refractivity contribution in [3.63, 3.8) is 0 Å². The van der Waals surface area contributed by atoms with Gasteiger partial charge in [0.25, 0.3) is 0 Å². The van der Waals surface area contributed by atoms with Crippen LogP contribution in [0.2, 0.25) is 0 Å². The van der Waals surface area contributed by atoms with E-state index in [-0.39, 0.29) is 6.54 Å². The maximum Gasteiger partial charge on any atom is 0.416 e. The molecule has 0 heterocycles. The van der Waals surface area contributed by atoms with Crippen molar-refractivity contribution >= 4 is 12.4 Å². The normalized spacial score (nSPS) is 11.3. The topological polar surface area (TPSA) is 12.4 Å². The number of alkyl halides is 3. The molecule has 0 unspecified atom stereocenters. The van der Waals surface area contributed by atoms with Gasteiger partial charge >= 0.3 is 6.18 Å². The summed E-state index contributed by atoms with van der Waals surface area (Å²) >= 11 is 4.34. The van der Waals surface area contributed by atoms with Gasteiger partial charge in [0.1, 0.15) is 0 Å². The molecule has 1 aromatic carbocycles. The van der Waals surface area contributed by atoms with E-state index in [0.29, 0.717) is 5.56 Å². The van der Waals surface area contributed by atoms with E-state index in [9.17, 15) is 13.2 Å². The Morgan fingerprint density at radius 1 is 1.15 bits per heavy atom. The second-order valence-corrected chi connectivity index (χ2v) is 2.74. The van der Waals surface area contributed by atoms with Crippen molar-refractivity contribution in [1.29, 1.82) is 0 Å². The molecule has 0 saturated heterocycles. The zero-order valence-electron chi connectivity index (χ0n) is 6.51. The molecule has 0 saturated carbocycles. The van der Waals surface area contributed by atoms with Gasteiger partial charge in [-0.1, -0.05) is 12.1 Å². The van der Waals surface area contributed by atoms with Crippen LogP contribution >= 0.6 is 0 Å². The Hall–Kier alpha value is -0.970. The van der Waals surface area contributed by atoms with Gasteiger partial charge in [-0.2, -0.15) is 13.2 Å². The maximum atomic E-state index is 12.1. The van der Waals surface area contributed by atoms with E-state index < -0.39 is 11.7 Å². The fourth-order valence-corrected chi connectivity index (χ4v) is 1.02. The Morgan fingerprint density at radius 2 is 1.69 bits per heavy atom. The molecule has 0 radical (unpaired) electrons. The zero-order chi connectivity index (χ0) is 9.90. The van der Waals surface area contributed by atoms with E-state index >= 15 is 0 Å². The smallest absolute Gasteiger partial charge is 0.215 e. The van der Waals surface area contributed by atoms with Gasteiger partial charge in [-0.05, 0) is 17.7 Å². The number of hydrogen-bond acceptors (Lipinski definition) is 2. The van der Waals surface area contributed by atoms with Crippen molar-refractivity contribution in [1.82, 2.24) is 0 Å². The number of halogens is 3. The minimum Gasteiger partial charge on any atom is -0.215 e. The highest BCUT2D eigenvalue weighted by Gasteiger charge is 2.29. The van der Waals surface area contributed by atoms with Crippen LogP contribution in [-0.2, 0) is 25.1 Å². The van der Waals surface area contributed by atoms with Crippen molar-refractivity contribution in [3.05, 3.63) is 35.4 Å². The van der Waals surface area contributed by atoms with Crippen LogP contribution in [-0.4, -0.2) is 0 Å². The molecule has 0 fully saturated rings. The summed E-state index contributed by atoms with van der Waals surface area (Å²) in [5, 5.41) is 0.